The predicted octanol–water partition coefficient (Wildman–Crippen LogP) is 5.26. The molecule has 0 radical (unpaired) electrons. The number of fused-ring (bicyclic) bond motifs is 1. The molecule has 0 aliphatic heterocycles. The van der Waals surface area contributed by atoms with Crippen LogP contribution in [0.2, 0.25) is 0 Å². The minimum absolute atomic E-state index is 0.00473. The number of Topliss-reactive ketones (excluding diaryl/α,β-unsaturated/α-hetero) is 1. The third-order valence-corrected chi connectivity index (χ3v) is 5.26. The van der Waals surface area contributed by atoms with Crippen molar-refractivity contribution >= 4 is 22.4 Å². The summed E-state index contributed by atoms with van der Waals surface area (Å²) in [5.74, 6) is 0.00473. The van der Waals surface area contributed by atoms with Gasteiger partial charge in [-0.05, 0) is 35.2 Å². The number of para-hydroxylation sites is 1. The van der Waals surface area contributed by atoms with E-state index in [1.54, 1.807) is 0 Å². The van der Waals surface area contributed by atoms with Gasteiger partial charge in [-0.25, -0.2) is 0 Å². The van der Waals surface area contributed by atoms with E-state index in [1.165, 1.54) is 5.56 Å². The van der Waals surface area contributed by atoms with E-state index in [-0.39, 0.29) is 12.4 Å². The fourth-order valence-corrected chi connectivity index (χ4v) is 3.74. The van der Waals surface area contributed by atoms with Gasteiger partial charge in [0.25, 0.3) is 0 Å². The average molecular weight is 384 g/mol. The number of nitrogens with one attached hydrogen (secondary N) is 2. The number of benzene rings is 3. The van der Waals surface area contributed by atoms with Crippen molar-refractivity contribution in [2.45, 2.75) is 26.0 Å². The minimum atomic E-state index is -0.533. The molecule has 3 aromatic carbocycles. The number of ketones is 1. The summed E-state index contributed by atoms with van der Waals surface area (Å²) in [6.45, 7) is 2.07. The van der Waals surface area contributed by atoms with Gasteiger partial charge in [-0.2, -0.15) is 0 Å². The molecule has 0 aliphatic carbocycles. The zero-order chi connectivity index (χ0) is 20.2. The number of aliphatic hydroxyl groups excluding tert-OH is 1. The number of aromatic nitrogens is 1. The van der Waals surface area contributed by atoms with Crippen LogP contribution in [-0.2, 0) is 13.0 Å². The first-order valence-corrected chi connectivity index (χ1v) is 9.85. The largest absolute Gasteiger partial charge is 0.392 e. The van der Waals surface area contributed by atoms with E-state index in [1.807, 2.05) is 72.9 Å². The molecule has 0 unspecified atom stereocenters. The topological polar surface area (TPSA) is 65.1 Å². The van der Waals surface area contributed by atoms with Gasteiger partial charge in [-0.3, -0.25) is 4.79 Å². The zero-order valence-electron chi connectivity index (χ0n) is 16.4. The van der Waals surface area contributed by atoms with Crippen LogP contribution in [0, 0.1) is 0 Å². The highest BCUT2D eigenvalue weighted by Gasteiger charge is 2.25. The lowest BCUT2D eigenvalue weighted by molar-refractivity contribution is 0.0971. The first-order chi connectivity index (χ1) is 14.2. The number of aliphatic hydroxyl groups is 1. The molecule has 4 rings (SSSR count). The Bertz CT molecular complexity index is 1130. The number of hydrogen-bond acceptors (Lipinski definition) is 3. The Kier molecular flexibility index (Phi) is 5.45. The summed E-state index contributed by atoms with van der Waals surface area (Å²) in [6.07, 6.45) is 2.72. The Balaban J connectivity index is 1.76. The maximum absolute atomic E-state index is 13.6. The van der Waals surface area contributed by atoms with E-state index < -0.39 is 6.04 Å². The van der Waals surface area contributed by atoms with Gasteiger partial charge in [0.2, 0.25) is 0 Å². The summed E-state index contributed by atoms with van der Waals surface area (Å²) >= 11 is 0. The van der Waals surface area contributed by atoms with Crippen molar-refractivity contribution < 1.29 is 9.90 Å². The van der Waals surface area contributed by atoms with E-state index in [9.17, 15) is 9.90 Å². The van der Waals surface area contributed by atoms with Crippen LogP contribution in [-0.4, -0.2) is 15.9 Å². The molecule has 0 saturated heterocycles. The molecule has 4 heteroatoms. The van der Waals surface area contributed by atoms with Crippen molar-refractivity contribution in [3.63, 3.8) is 0 Å². The Morgan fingerprint density at radius 2 is 1.83 bits per heavy atom. The lowest BCUT2D eigenvalue weighted by Gasteiger charge is -2.20. The van der Waals surface area contributed by atoms with E-state index in [0.717, 1.165) is 34.1 Å². The van der Waals surface area contributed by atoms with Gasteiger partial charge >= 0.3 is 0 Å². The maximum Gasteiger partial charge on any atom is 0.191 e. The van der Waals surface area contributed by atoms with Crippen molar-refractivity contribution in [2.24, 2.45) is 0 Å². The smallest absolute Gasteiger partial charge is 0.191 e. The van der Waals surface area contributed by atoms with Crippen molar-refractivity contribution in [3.05, 3.63) is 101 Å². The zero-order valence-corrected chi connectivity index (χ0v) is 16.4. The highest BCUT2D eigenvalue weighted by atomic mass is 16.3. The molecule has 146 valence electrons. The van der Waals surface area contributed by atoms with Gasteiger partial charge in [0, 0.05) is 28.4 Å². The normalized spacial score (nSPS) is 12.1. The first-order valence-electron chi connectivity index (χ1n) is 9.85. The standard InChI is InChI=1S/C25H24N2O2/c1-2-18-11-7-13-21-22(15-26-23(18)21)25(29)24(19-9-4-3-5-10-19)27-20-12-6-8-17(14-20)16-28/h3-15,24,26-28H,2,16H2,1H3/t24-/m1/s1. The highest BCUT2D eigenvalue weighted by molar-refractivity contribution is 6.12. The number of carbonyl (C=O) groups excluding carboxylic acids is 1. The van der Waals surface area contributed by atoms with E-state index >= 15 is 0 Å². The second-order valence-electron chi connectivity index (χ2n) is 7.11. The Labute approximate surface area is 170 Å². The molecule has 0 fully saturated rings. The highest BCUT2D eigenvalue weighted by Crippen LogP contribution is 2.29. The molecule has 1 heterocycles. The number of aryl methyl sites for hydroxylation is 1. The molecule has 1 atom stereocenters. The van der Waals surface area contributed by atoms with Crippen molar-refractivity contribution in [3.8, 4) is 0 Å². The van der Waals surface area contributed by atoms with Gasteiger partial charge in [-0.15, -0.1) is 0 Å². The number of H-pyrrole nitrogens is 1. The predicted molar refractivity (Wildman–Crippen MR) is 117 cm³/mol. The number of hydrogen-bond donors (Lipinski definition) is 3. The summed E-state index contributed by atoms with van der Waals surface area (Å²) in [4.78, 5) is 16.9. The Morgan fingerprint density at radius 3 is 2.59 bits per heavy atom. The first kappa shape index (κ1) is 19.0. The third-order valence-electron chi connectivity index (χ3n) is 5.26. The summed E-state index contributed by atoms with van der Waals surface area (Å²) in [6, 6.07) is 22.8. The number of rotatable bonds is 7. The van der Waals surface area contributed by atoms with Gasteiger partial charge in [0.05, 0.1) is 6.61 Å². The fraction of sp³-hybridized carbons (Fsp3) is 0.160. The minimum Gasteiger partial charge on any atom is -0.392 e. The molecule has 4 aromatic rings. The van der Waals surface area contributed by atoms with Gasteiger partial charge < -0.3 is 15.4 Å². The van der Waals surface area contributed by atoms with E-state index in [4.69, 9.17) is 0 Å². The van der Waals surface area contributed by atoms with Crippen LogP contribution < -0.4 is 5.32 Å². The average Bonchev–Trinajstić information content (AvgIpc) is 3.22. The molecule has 0 saturated carbocycles. The Hall–Kier alpha value is -3.37. The third kappa shape index (κ3) is 3.80. The van der Waals surface area contributed by atoms with Gasteiger partial charge in [0.15, 0.2) is 5.78 Å². The molecule has 3 N–H and O–H groups in total. The Morgan fingerprint density at radius 1 is 1.03 bits per heavy atom. The van der Waals surface area contributed by atoms with Crippen LogP contribution >= 0.6 is 0 Å². The second-order valence-corrected chi connectivity index (χ2v) is 7.11. The van der Waals surface area contributed by atoms with Crippen LogP contribution in [0.15, 0.2) is 79.0 Å². The van der Waals surface area contributed by atoms with Crippen molar-refractivity contribution in [1.29, 1.82) is 0 Å². The second kappa shape index (κ2) is 8.33. The number of anilines is 1. The van der Waals surface area contributed by atoms with Crippen LogP contribution in [0.25, 0.3) is 10.9 Å². The molecule has 0 amide bonds. The van der Waals surface area contributed by atoms with Crippen LogP contribution in [0.4, 0.5) is 5.69 Å². The molecule has 0 bridgehead atoms. The molecule has 1 aromatic heterocycles. The van der Waals surface area contributed by atoms with Crippen LogP contribution in [0.3, 0.4) is 0 Å². The fourth-order valence-electron chi connectivity index (χ4n) is 3.74. The molecule has 29 heavy (non-hydrogen) atoms. The number of aromatic amines is 1. The molecule has 0 spiro atoms. The SMILES string of the molecule is CCc1cccc2c(C(=O)[C@H](Nc3cccc(CO)c3)c3ccccc3)c[nH]c12. The van der Waals surface area contributed by atoms with Gasteiger partial charge in [0.1, 0.15) is 6.04 Å². The van der Waals surface area contributed by atoms with E-state index in [2.05, 4.69) is 23.3 Å². The van der Waals surface area contributed by atoms with Crippen molar-refractivity contribution in [2.75, 3.05) is 5.32 Å². The van der Waals surface area contributed by atoms with Gasteiger partial charge in [-0.1, -0.05) is 67.6 Å². The lowest BCUT2D eigenvalue weighted by atomic mass is 9.96. The lowest BCUT2D eigenvalue weighted by Crippen LogP contribution is -2.21. The van der Waals surface area contributed by atoms with Crippen molar-refractivity contribution in [1.82, 2.24) is 4.98 Å². The van der Waals surface area contributed by atoms with Crippen LogP contribution in [0.1, 0.15) is 40.0 Å². The van der Waals surface area contributed by atoms with E-state index in [0.29, 0.717) is 5.56 Å². The molecular formula is C25H24N2O2. The monoisotopic (exact) mass is 384 g/mol. The summed E-state index contributed by atoms with van der Waals surface area (Å²) in [7, 11) is 0. The number of carbonyl (C=O) groups is 1. The molecule has 4 nitrogen and oxygen atoms in total. The quantitative estimate of drug-likeness (QED) is 0.381. The summed E-state index contributed by atoms with van der Waals surface area (Å²) in [5.41, 5.74) is 5.39. The summed E-state index contributed by atoms with van der Waals surface area (Å²) < 4.78 is 0. The van der Waals surface area contributed by atoms with Crippen LogP contribution in [0.5, 0.6) is 0 Å². The maximum atomic E-state index is 13.6. The molecule has 0 aliphatic rings. The summed E-state index contributed by atoms with van der Waals surface area (Å²) in [5, 5.41) is 13.8. The molecular weight excluding hydrogens is 360 g/mol.